The summed E-state index contributed by atoms with van der Waals surface area (Å²) in [6.45, 7) is 4.82. The first-order valence-corrected chi connectivity index (χ1v) is 8.12. The quantitative estimate of drug-likeness (QED) is 0.864. The van der Waals surface area contributed by atoms with Crippen LogP contribution >= 0.6 is 12.4 Å². The average molecular weight is 350 g/mol. The molecule has 1 saturated heterocycles. The minimum atomic E-state index is 0. The van der Waals surface area contributed by atoms with Gasteiger partial charge < -0.3 is 19.5 Å². The summed E-state index contributed by atoms with van der Waals surface area (Å²) in [6.07, 6.45) is 0.124. The summed E-state index contributed by atoms with van der Waals surface area (Å²) >= 11 is 0. The number of morpholine rings is 1. The lowest BCUT2D eigenvalue weighted by atomic mass is 10.1. The maximum absolute atomic E-state index is 6.14. The second kappa shape index (κ2) is 9.52. The van der Waals surface area contributed by atoms with Crippen LogP contribution in [0.25, 0.3) is 0 Å². The number of benzene rings is 2. The Morgan fingerprint density at radius 2 is 1.62 bits per heavy atom. The standard InChI is InChI=1S/C19H23NO3.ClH/c1-2-21-16-8-10-17(11-9-16)22-14-18-12-20-13-19(23-18)15-6-4-3-5-7-15;/h3-11,18-20H,2,12-14H2,1H3;1H/t18-,19+;/m1./s1. The maximum atomic E-state index is 6.14. The van der Waals surface area contributed by atoms with Gasteiger partial charge >= 0.3 is 0 Å². The summed E-state index contributed by atoms with van der Waals surface area (Å²) in [4.78, 5) is 0. The van der Waals surface area contributed by atoms with Crippen LogP contribution in [0.2, 0.25) is 0 Å². The summed E-state index contributed by atoms with van der Waals surface area (Å²) in [5.74, 6) is 1.69. The second-order valence-electron chi connectivity index (χ2n) is 5.53. The van der Waals surface area contributed by atoms with Gasteiger partial charge in [0.05, 0.1) is 12.7 Å². The number of ether oxygens (including phenoxy) is 3. The zero-order chi connectivity index (χ0) is 15.9. The minimum absolute atomic E-state index is 0. The van der Waals surface area contributed by atoms with Gasteiger partial charge in [-0.2, -0.15) is 0 Å². The van der Waals surface area contributed by atoms with Crippen molar-refractivity contribution in [2.24, 2.45) is 0 Å². The van der Waals surface area contributed by atoms with Crippen molar-refractivity contribution in [1.29, 1.82) is 0 Å². The molecular formula is C19H24ClNO3. The molecule has 0 radical (unpaired) electrons. The van der Waals surface area contributed by atoms with Gasteiger partial charge in [0.2, 0.25) is 0 Å². The molecule has 2 atom stereocenters. The third-order valence-corrected chi connectivity index (χ3v) is 3.80. The van der Waals surface area contributed by atoms with E-state index in [0.717, 1.165) is 24.6 Å². The van der Waals surface area contributed by atoms with E-state index in [-0.39, 0.29) is 24.6 Å². The summed E-state index contributed by atoms with van der Waals surface area (Å²) in [5, 5.41) is 3.42. The smallest absolute Gasteiger partial charge is 0.119 e. The Balaban J connectivity index is 0.00000208. The lowest BCUT2D eigenvalue weighted by Gasteiger charge is -2.31. The van der Waals surface area contributed by atoms with Gasteiger partial charge in [-0.1, -0.05) is 30.3 Å². The molecule has 1 aliphatic heterocycles. The van der Waals surface area contributed by atoms with Gasteiger partial charge in [-0.05, 0) is 36.8 Å². The molecule has 0 saturated carbocycles. The van der Waals surface area contributed by atoms with E-state index >= 15 is 0 Å². The van der Waals surface area contributed by atoms with Crippen molar-refractivity contribution in [2.75, 3.05) is 26.3 Å². The van der Waals surface area contributed by atoms with Crippen LogP contribution in [0.4, 0.5) is 0 Å². The molecule has 0 aliphatic carbocycles. The maximum Gasteiger partial charge on any atom is 0.119 e. The highest BCUT2D eigenvalue weighted by molar-refractivity contribution is 5.85. The van der Waals surface area contributed by atoms with Gasteiger partial charge in [0, 0.05) is 13.1 Å². The molecule has 24 heavy (non-hydrogen) atoms. The van der Waals surface area contributed by atoms with E-state index in [2.05, 4.69) is 17.4 Å². The lowest BCUT2D eigenvalue weighted by molar-refractivity contribution is -0.0574. The van der Waals surface area contributed by atoms with Crippen LogP contribution in [-0.2, 0) is 4.74 Å². The summed E-state index contributed by atoms with van der Waals surface area (Å²) in [5.41, 5.74) is 1.20. The Morgan fingerprint density at radius 3 is 2.29 bits per heavy atom. The number of nitrogens with one attached hydrogen (secondary N) is 1. The fraction of sp³-hybridized carbons (Fsp3) is 0.368. The third kappa shape index (κ3) is 5.13. The van der Waals surface area contributed by atoms with Crippen molar-refractivity contribution in [2.45, 2.75) is 19.1 Å². The van der Waals surface area contributed by atoms with Crippen LogP contribution < -0.4 is 14.8 Å². The monoisotopic (exact) mass is 349 g/mol. The summed E-state index contributed by atoms with van der Waals surface area (Å²) < 4.78 is 17.4. The summed E-state index contributed by atoms with van der Waals surface area (Å²) in [7, 11) is 0. The largest absolute Gasteiger partial charge is 0.494 e. The molecule has 0 amide bonds. The van der Waals surface area contributed by atoms with Crippen molar-refractivity contribution in [3.8, 4) is 11.5 Å². The molecule has 1 aliphatic rings. The first-order chi connectivity index (χ1) is 11.3. The van der Waals surface area contributed by atoms with Gasteiger partial charge in [-0.3, -0.25) is 0 Å². The van der Waals surface area contributed by atoms with Gasteiger partial charge in [0.15, 0.2) is 0 Å². The predicted octanol–water partition coefficient (Wildman–Crippen LogP) is 3.62. The molecule has 2 aromatic rings. The van der Waals surface area contributed by atoms with Crippen molar-refractivity contribution in [3.05, 3.63) is 60.2 Å². The van der Waals surface area contributed by atoms with E-state index in [0.29, 0.717) is 13.2 Å². The van der Waals surface area contributed by atoms with Gasteiger partial charge in [0.25, 0.3) is 0 Å². The van der Waals surface area contributed by atoms with Crippen LogP contribution in [-0.4, -0.2) is 32.4 Å². The van der Waals surface area contributed by atoms with Crippen molar-refractivity contribution >= 4 is 12.4 Å². The van der Waals surface area contributed by atoms with E-state index < -0.39 is 0 Å². The van der Waals surface area contributed by atoms with Gasteiger partial charge in [-0.15, -0.1) is 12.4 Å². The zero-order valence-corrected chi connectivity index (χ0v) is 14.6. The number of hydrogen-bond donors (Lipinski definition) is 1. The van der Waals surface area contributed by atoms with E-state index in [4.69, 9.17) is 14.2 Å². The topological polar surface area (TPSA) is 39.7 Å². The lowest BCUT2D eigenvalue weighted by Crippen LogP contribution is -2.43. The fourth-order valence-electron chi connectivity index (χ4n) is 2.65. The van der Waals surface area contributed by atoms with E-state index in [9.17, 15) is 0 Å². The average Bonchev–Trinajstić information content (AvgIpc) is 2.62. The van der Waals surface area contributed by atoms with Crippen molar-refractivity contribution in [1.82, 2.24) is 5.32 Å². The second-order valence-corrected chi connectivity index (χ2v) is 5.53. The molecule has 0 bridgehead atoms. The molecule has 130 valence electrons. The third-order valence-electron chi connectivity index (χ3n) is 3.80. The van der Waals surface area contributed by atoms with E-state index in [1.807, 2.05) is 49.4 Å². The minimum Gasteiger partial charge on any atom is -0.494 e. The summed E-state index contributed by atoms with van der Waals surface area (Å²) in [6, 6.07) is 18.0. The van der Waals surface area contributed by atoms with E-state index in [1.54, 1.807) is 0 Å². The SMILES string of the molecule is CCOc1ccc(OC[C@H]2CNC[C@@H](c3ccccc3)O2)cc1.Cl. The van der Waals surface area contributed by atoms with Crippen molar-refractivity contribution < 1.29 is 14.2 Å². The van der Waals surface area contributed by atoms with Gasteiger partial charge in [-0.25, -0.2) is 0 Å². The van der Waals surface area contributed by atoms with E-state index in [1.165, 1.54) is 5.56 Å². The Morgan fingerprint density at radius 1 is 0.958 bits per heavy atom. The first kappa shape index (κ1) is 18.6. The molecule has 0 spiro atoms. The van der Waals surface area contributed by atoms with Gasteiger partial charge in [0.1, 0.15) is 24.2 Å². The van der Waals surface area contributed by atoms with Crippen molar-refractivity contribution in [3.63, 3.8) is 0 Å². The van der Waals surface area contributed by atoms with Crippen LogP contribution in [0, 0.1) is 0 Å². The molecule has 0 unspecified atom stereocenters. The normalized spacial score (nSPS) is 20.0. The molecule has 5 heteroatoms. The molecule has 1 fully saturated rings. The molecule has 1 N–H and O–H groups in total. The molecule has 0 aromatic heterocycles. The number of halogens is 1. The van der Waals surface area contributed by atoms with Crippen LogP contribution in [0.15, 0.2) is 54.6 Å². The zero-order valence-electron chi connectivity index (χ0n) is 13.8. The number of rotatable bonds is 6. The molecule has 3 rings (SSSR count). The first-order valence-electron chi connectivity index (χ1n) is 8.12. The Bertz CT molecular complexity index is 591. The Hall–Kier alpha value is -1.75. The van der Waals surface area contributed by atoms with Crippen LogP contribution in [0.1, 0.15) is 18.6 Å². The molecule has 4 nitrogen and oxygen atoms in total. The van der Waals surface area contributed by atoms with Crippen LogP contribution in [0.5, 0.6) is 11.5 Å². The Kier molecular flexibility index (Phi) is 7.37. The Labute approximate surface area is 149 Å². The number of hydrogen-bond acceptors (Lipinski definition) is 4. The molecular weight excluding hydrogens is 326 g/mol. The molecule has 2 aromatic carbocycles. The predicted molar refractivity (Wildman–Crippen MR) is 97.3 cm³/mol. The fourth-order valence-corrected chi connectivity index (χ4v) is 2.65. The van der Waals surface area contributed by atoms with Crippen LogP contribution in [0.3, 0.4) is 0 Å². The molecule has 1 heterocycles. The highest BCUT2D eigenvalue weighted by Gasteiger charge is 2.23. The highest BCUT2D eigenvalue weighted by atomic mass is 35.5. The highest BCUT2D eigenvalue weighted by Crippen LogP contribution is 2.22.